The summed E-state index contributed by atoms with van der Waals surface area (Å²) in [5.74, 6) is 0.317. The number of aryl methyl sites for hydroxylation is 1. The number of carbonyl (C=O) groups excluding carboxylic acids is 1. The Kier molecular flexibility index (Phi) is 4.71. The Morgan fingerprint density at radius 3 is 2.50 bits per heavy atom. The lowest BCUT2D eigenvalue weighted by Crippen LogP contribution is -2.12. The molecular weight excluding hydrogens is 257 g/mol. The molecule has 0 aliphatic carbocycles. The summed E-state index contributed by atoms with van der Waals surface area (Å²) in [7, 11) is 1.59. The standard InChI is InChI=1S/C16H16FNO2/c1-20-14-9-7-13(8-10-14)18-16(19)11-6-12-4-2-3-5-15(12)17/h2-5,7-10H,6,11H2,1H3,(H,18,19). The van der Waals surface area contributed by atoms with Crippen LogP contribution in [0.25, 0.3) is 0 Å². The molecule has 20 heavy (non-hydrogen) atoms. The van der Waals surface area contributed by atoms with E-state index in [0.717, 1.165) is 5.75 Å². The number of hydrogen-bond acceptors (Lipinski definition) is 2. The highest BCUT2D eigenvalue weighted by Gasteiger charge is 2.06. The number of benzene rings is 2. The van der Waals surface area contributed by atoms with Gasteiger partial charge in [-0.05, 0) is 42.3 Å². The van der Waals surface area contributed by atoms with Crippen molar-refractivity contribution in [3.05, 3.63) is 59.9 Å². The van der Waals surface area contributed by atoms with E-state index < -0.39 is 0 Å². The molecule has 0 fully saturated rings. The van der Waals surface area contributed by atoms with Crippen molar-refractivity contribution in [3.63, 3.8) is 0 Å². The van der Waals surface area contributed by atoms with Gasteiger partial charge in [0.1, 0.15) is 11.6 Å². The smallest absolute Gasteiger partial charge is 0.224 e. The van der Waals surface area contributed by atoms with E-state index in [4.69, 9.17) is 4.74 Å². The average molecular weight is 273 g/mol. The molecule has 0 bridgehead atoms. The minimum absolute atomic E-state index is 0.140. The molecule has 104 valence electrons. The molecule has 0 radical (unpaired) electrons. The second kappa shape index (κ2) is 6.70. The summed E-state index contributed by atoms with van der Waals surface area (Å²) in [6.45, 7) is 0. The summed E-state index contributed by atoms with van der Waals surface area (Å²) in [5, 5.41) is 2.77. The molecule has 4 heteroatoms. The second-order valence-corrected chi connectivity index (χ2v) is 4.37. The SMILES string of the molecule is COc1ccc(NC(=O)CCc2ccccc2F)cc1. The summed E-state index contributed by atoms with van der Waals surface area (Å²) in [6.07, 6.45) is 0.627. The fourth-order valence-corrected chi connectivity index (χ4v) is 1.85. The lowest BCUT2D eigenvalue weighted by Gasteiger charge is -2.07. The minimum atomic E-state index is -0.273. The maximum atomic E-state index is 13.4. The molecule has 2 aromatic carbocycles. The molecule has 0 heterocycles. The first-order valence-electron chi connectivity index (χ1n) is 6.36. The van der Waals surface area contributed by atoms with Crippen LogP contribution in [0, 0.1) is 5.82 Å². The van der Waals surface area contributed by atoms with Crippen molar-refractivity contribution in [2.45, 2.75) is 12.8 Å². The average Bonchev–Trinajstić information content (AvgIpc) is 2.47. The Hall–Kier alpha value is -2.36. The molecule has 3 nitrogen and oxygen atoms in total. The number of hydrogen-bond donors (Lipinski definition) is 1. The molecule has 2 rings (SSSR count). The number of nitrogens with one attached hydrogen (secondary N) is 1. The van der Waals surface area contributed by atoms with Crippen molar-refractivity contribution >= 4 is 11.6 Å². The van der Waals surface area contributed by atoms with Crippen LogP contribution in [0.2, 0.25) is 0 Å². The third kappa shape index (κ3) is 3.82. The van der Waals surface area contributed by atoms with Gasteiger partial charge in [-0.3, -0.25) is 4.79 Å². The van der Waals surface area contributed by atoms with Gasteiger partial charge < -0.3 is 10.1 Å². The zero-order chi connectivity index (χ0) is 14.4. The van der Waals surface area contributed by atoms with Crippen LogP contribution in [0.5, 0.6) is 5.75 Å². The molecule has 0 spiro atoms. The molecule has 0 saturated heterocycles. The normalized spacial score (nSPS) is 10.1. The maximum absolute atomic E-state index is 13.4. The number of ether oxygens (including phenoxy) is 1. The van der Waals surface area contributed by atoms with E-state index in [-0.39, 0.29) is 18.1 Å². The van der Waals surface area contributed by atoms with Gasteiger partial charge >= 0.3 is 0 Å². The fourth-order valence-electron chi connectivity index (χ4n) is 1.85. The third-order valence-corrected chi connectivity index (χ3v) is 2.95. The molecule has 1 N–H and O–H groups in total. The largest absolute Gasteiger partial charge is 0.497 e. The lowest BCUT2D eigenvalue weighted by molar-refractivity contribution is -0.116. The van der Waals surface area contributed by atoms with E-state index >= 15 is 0 Å². The summed E-state index contributed by atoms with van der Waals surface area (Å²) in [5.41, 5.74) is 1.25. The number of rotatable bonds is 5. The Morgan fingerprint density at radius 2 is 1.85 bits per heavy atom. The topological polar surface area (TPSA) is 38.3 Å². The quantitative estimate of drug-likeness (QED) is 0.906. The van der Waals surface area contributed by atoms with E-state index in [1.165, 1.54) is 6.07 Å². The van der Waals surface area contributed by atoms with Crippen LogP contribution < -0.4 is 10.1 Å². The first-order valence-corrected chi connectivity index (χ1v) is 6.36. The molecule has 0 unspecified atom stereocenters. The van der Waals surface area contributed by atoms with Gasteiger partial charge in [0.2, 0.25) is 5.91 Å². The number of carbonyl (C=O) groups is 1. The first-order chi connectivity index (χ1) is 9.69. The van der Waals surface area contributed by atoms with Gasteiger partial charge in [-0.1, -0.05) is 18.2 Å². The predicted molar refractivity (Wildman–Crippen MR) is 76.3 cm³/mol. The van der Waals surface area contributed by atoms with E-state index in [0.29, 0.717) is 17.7 Å². The Labute approximate surface area is 117 Å². The van der Waals surface area contributed by atoms with Crippen LogP contribution in [0.4, 0.5) is 10.1 Å². The highest BCUT2D eigenvalue weighted by Crippen LogP contribution is 2.15. The minimum Gasteiger partial charge on any atom is -0.497 e. The van der Waals surface area contributed by atoms with Crippen LogP contribution in [-0.2, 0) is 11.2 Å². The van der Waals surface area contributed by atoms with E-state index in [2.05, 4.69) is 5.32 Å². The number of halogens is 1. The van der Waals surface area contributed by atoms with Crippen LogP contribution in [0.15, 0.2) is 48.5 Å². The van der Waals surface area contributed by atoms with Gasteiger partial charge in [0.05, 0.1) is 7.11 Å². The predicted octanol–water partition coefficient (Wildman–Crippen LogP) is 3.41. The van der Waals surface area contributed by atoms with Gasteiger partial charge in [-0.25, -0.2) is 4.39 Å². The van der Waals surface area contributed by atoms with Crippen LogP contribution in [-0.4, -0.2) is 13.0 Å². The third-order valence-electron chi connectivity index (χ3n) is 2.95. The fraction of sp³-hybridized carbons (Fsp3) is 0.188. The Bertz CT molecular complexity index is 581. The van der Waals surface area contributed by atoms with E-state index in [9.17, 15) is 9.18 Å². The monoisotopic (exact) mass is 273 g/mol. The summed E-state index contributed by atoms with van der Waals surface area (Å²) >= 11 is 0. The lowest BCUT2D eigenvalue weighted by atomic mass is 10.1. The number of methoxy groups -OCH3 is 1. The van der Waals surface area contributed by atoms with Gasteiger partial charge in [0.15, 0.2) is 0 Å². The zero-order valence-corrected chi connectivity index (χ0v) is 11.2. The molecule has 0 saturated carbocycles. The summed E-state index contributed by atoms with van der Waals surface area (Å²) in [6, 6.07) is 13.6. The van der Waals surface area contributed by atoms with Crippen LogP contribution in [0.1, 0.15) is 12.0 Å². The molecular formula is C16H16FNO2. The highest BCUT2D eigenvalue weighted by molar-refractivity contribution is 5.90. The molecule has 0 aromatic heterocycles. The second-order valence-electron chi connectivity index (χ2n) is 4.37. The van der Waals surface area contributed by atoms with Gasteiger partial charge in [0, 0.05) is 12.1 Å². The van der Waals surface area contributed by atoms with Gasteiger partial charge in [0.25, 0.3) is 0 Å². The molecule has 1 amide bonds. The van der Waals surface area contributed by atoms with Crippen molar-refractivity contribution in [2.24, 2.45) is 0 Å². The highest BCUT2D eigenvalue weighted by atomic mass is 19.1. The van der Waals surface area contributed by atoms with Crippen molar-refractivity contribution in [1.29, 1.82) is 0 Å². The number of amides is 1. The zero-order valence-electron chi connectivity index (χ0n) is 11.2. The van der Waals surface area contributed by atoms with Crippen LogP contribution >= 0.6 is 0 Å². The maximum Gasteiger partial charge on any atom is 0.224 e. The molecule has 2 aromatic rings. The van der Waals surface area contributed by atoms with Gasteiger partial charge in [-0.2, -0.15) is 0 Å². The van der Waals surface area contributed by atoms with E-state index in [1.807, 2.05) is 0 Å². The molecule has 0 aliphatic heterocycles. The Balaban J connectivity index is 1.87. The first kappa shape index (κ1) is 14.1. The Morgan fingerprint density at radius 1 is 1.15 bits per heavy atom. The summed E-state index contributed by atoms with van der Waals surface area (Å²) < 4.78 is 18.4. The van der Waals surface area contributed by atoms with Crippen LogP contribution in [0.3, 0.4) is 0 Å². The van der Waals surface area contributed by atoms with Gasteiger partial charge in [-0.15, -0.1) is 0 Å². The number of anilines is 1. The summed E-state index contributed by atoms with van der Waals surface area (Å²) in [4.78, 5) is 11.8. The molecule has 0 aliphatic rings. The van der Waals surface area contributed by atoms with Crippen molar-refractivity contribution in [1.82, 2.24) is 0 Å². The van der Waals surface area contributed by atoms with E-state index in [1.54, 1.807) is 49.6 Å². The van der Waals surface area contributed by atoms with Crippen molar-refractivity contribution in [3.8, 4) is 5.75 Å². The molecule has 0 atom stereocenters. The van der Waals surface area contributed by atoms with Crippen molar-refractivity contribution in [2.75, 3.05) is 12.4 Å². The van der Waals surface area contributed by atoms with Crippen molar-refractivity contribution < 1.29 is 13.9 Å².